The lowest BCUT2D eigenvalue weighted by atomic mass is 10.1. The van der Waals surface area contributed by atoms with Crippen molar-refractivity contribution in [2.24, 2.45) is 0 Å². The van der Waals surface area contributed by atoms with E-state index < -0.39 is 23.5 Å². The molecule has 42 heavy (non-hydrogen) atoms. The van der Waals surface area contributed by atoms with Crippen LogP contribution in [-0.4, -0.2) is 30.4 Å². The maximum atomic E-state index is 13.1. The van der Waals surface area contributed by atoms with E-state index >= 15 is 0 Å². The summed E-state index contributed by atoms with van der Waals surface area (Å²) in [6.45, 7) is 0. The summed E-state index contributed by atoms with van der Waals surface area (Å²) in [6.07, 6.45) is -8.98. The zero-order valence-electron chi connectivity index (χ0n) is 20.4. The molecule has 16 heteroatoms. The monoisotopic (exact) mass is 616 g/mol. The summed E-state index contributed by atoms with van der Waals surface area (Å²) in [7, 11) is 0. The lowest BCUT2D eigenvalue weighted by Crippen LogP contribution is -2.03. The van der Waals surface area contributed by atoms with E-state index in [1.165, 1.54) is 12.1 Å². The average molecular weight is 617 g/mol. The number of hydrogen-bond donors (Lipinski definition) is 0. The van der Waals surface area contributed by atoms with E-state index in [9.17, 15) is 26.3 Å². The van der Waals surface area contributed by atoms with E-state index in [1.54, 1.807) is 24.3 Å². The van der Waals surface area contributed by atoms with Crippen molar-refractivity contribution in [1.82, 2.24) is 30.4 Å². The number of aromatic nitrogens is 6. The first-order chi connectivity index (χ1) is 20.0. The molecule has 0 unspecified atom stereocenters. The van der Waals surface area contributed by atoms with Crippen LogP contribution in [0.15, 0.2) is 69.5 Å². The number of hydrogen-bond acceptors (Lipinski definition) is 10. The molecular weight excluding hydrogens is 606 g/mol. The minimum Gasteiger partial charge on any atom is -0.414 e. The molecule has 0 aliphatic carbocycles. The fraction of sp³-hybridized carbons (Fsp3) is 0.0769. The number of alkyl halides is 6. The molecule has 0 N–H and O–H groups in total. The maximum Gasteiger partial charge on any atom is 0.416 e. The highest BCUT2D eigenvalue weighted by Crippen LogP contribution is 2.38. The third-order valence-corrected chi connectivity index (χ3v) is 8.05. The highest BCUT2D eigenvalue weighted by molar-refractivity contribution is 7.21. The maximum absolute atomic E-state index is 13.1. The lowest BCUT2D eigenvalue weighted by molar-refractivity contribution is -0.138. The van der Waals surface area contributed by atoms with E-state index in [0.29, 0.717) is 20.5 Å². The average Bonchev–Trinajstić information content (AvgIpc) is 3.76. The zero-order valence-corrected chi connectivity index (χ0v) is 22.0. The molecule has 0 fully saturated rings. The van der Waals surface area contributed by atoms with Gasteiger partial charge in [-0.2, -0.15) is 26.3 Å². The quantitative estimate of drug-likeness (QED) is 0.182. The van der Waals surface area contributed by atoms with Gasteiger partial charge >= 0.3 is 12.4 Å². The molecule has 0 saturated heterocycles. The largest absolute Gasteiger partial charge is 0.416 e. The molecule has 0 atom stereocenters. The predicted octanol–water partition coefficient (Wildman–Crippen LogP) is 8.38. The van der Waals surface area contributed by atoms with Crippen molar-refractivity contribution in [2.75, 3.05) is 0 Å². The Hall–Kier alpha value is -4.70. The SMILES string of the molecule is FC(F)(F)c1ccc2sc(-c3nnc(-c4cccc(-c5nnc(-c6nc7cc(C(F)(F)F)ccc7s6)o5)c4)o3)nc2c1. The topological polar surface area (TPSA) is 104 Å². The minimum atomic E-state index is -4.49. The zero-order chi connectivity index (χ0) is 29.2. The smallest absolute Gasteiger partial charge is 0.414 e. The summed E-state index contributed by atoms with van der Waals surface area (Å²) in [6, 6.07) is 13.3. The van der Waals surface area contributed by atoms with Crippen LogP contribution in [0.2, 0.25) is 0 Å². The van der Waals surface area contributed by atoms with Gasteiger partial charge in [0, 0.05) is 11.1 Å². The first-order valence-corrected chi connectivity index (χ1v) is 13.4. The van der Waals surface area contributed by atoms with Gasteiger partial charge < -0.3 is 8.83 Å². The highest BCUT2D eigenvalue weighted by atomic mass is 32.1. The van der Waals surface area contributed by atoms with Gasteiger partial charge in [0.1, 0.15) is 0 Å². The standard InChI is InChI=1S/C26H10F6N6O2S2/c27-25(28,29)13-4-6-17-15(9-13)33-23(41-17)21-37-35-19(39-21)11-2-1-3-12(8-11)20-36-38-22(40-20)24-34-16-10-14(26(30,31)32)5-7-18(16)42-24/h1-10H. The van der Waals surface area contributed by atoms with Crippen LogP contribution in [0.5, 0.6) is 0 Å². The number of halogens is 6. The fourth-order valence-electron chi connectivity index (χ4n) is 4.03. The van der Waals surface area contributed by atoms with Gasteiger partial charge in [-0.25, -0.2) is 9.97 Å². The van der Waals surface area contributed by atoms with Crippen molar-refractivity contribution in [3.05, 3.63) is 71.8 Å². The van der Waals surface area contributed by atoms with Gasteiger partial charge in [0.2, 0.25) is 11.8 Å². The van der Waals surface area contributed by atoms with E-state index in [4.69, 9.17) is 8.83 Å². The predicted molar refractivity (Wildman–Crippen MR) is 140 cm³/mol. The first kappa shape index (κ1) is 26.2. The molecule has 8 nitrogen and oxygen atoms in total. The van der Waals surface area contributed by atoms with Gasteiger partial charge in [0.15, 0.2) is 10.0 Å². The van der Waals surface area contributed by atoms with Crippen LogP contribution in [0, 0.1) is 0 Å². The number of fused-ring (bicyclic) bond motifs is 2. The Morgan fingerprint density at radius 3 is 1.38 bits per heavy atom. The third-order valence-electron chi connectivity index (χ3n) is 6.00. The first-order valence-electron chi connectivity index (χ1n) is 11.8. The summed E-state index contributed by atoms with van der Waals surface area (Å²) < 4.78 is 90.9. The molecular formula is C26H10F6N6O2S2. The molecule has 0 spiro atoms. The number of nitrogens with zero attached hydrogens (tertiary/aromatic N) is 6. The molecule has 210 valence electrons. The second-order valence-electron chi connectivity index (χ2n) is 8.80. The Balaban J connectivity index is 1.15. The Bertz CT molecular complexity index is 1960. The molecule has 7 aromatic rings. The van der Waals surface area contributed by atoms with Crippen LogP contribution >= 0.6 is 22.7 Å². The molecule has 0 bridgehead atoms. The van der Waals surface area contributed by atoms with E-state index in [2.05, 4.69) is 30.4 Å². The van der Waals surface area contributed by atoms with E-state index in [-0.39, 0.29) is 44.6 Å². The number of rotatable bonds is 4. The Morgan fingerprint density at radius 1 is 0.524 bits per heavy atom. The fourth-order valence-corrected chi connectivity index (χ4v) is 5.76. The molecule has 0 aliphatic heterocycles. The van der Waals surface area contributed by atoms with Gasteiger partial charge in [-0.05, 0) is 54.6 Å². The Kier molecular flexibility index (Phi) is 5.88. The van der Waals surface area contributed by atoms with Gasteiger partial charge in [0.05, 0.1) is 31.6 Å². The summed E-state index contributed by atoms with van der Waals surface area (Å²) in [5, 5.41) is 16.6. The van der Waals surface area contributed by atoms with Crippen molar-refractivity contribution < 1.29 is 35.2 Å². The second kappa shape index (κ2) is 9.42. The molecule has 0 aliphatic rings. The Morgan fingerprint density at radius 2 is 0.952 bits per heavy atom. The van der Waals surface area contributed by atoms with Crippen molar-refractivity contribution in [3.8, 4) is 44.7 Å². The molecule has 7 rings (SSSR count). The van der Waals surface area contributed by atoms with Gasteiger partial charge in [-0.1, -0.05) is 6.07 Å². The van der Waals surface area contributed by atoms with Crippen molar-refractivity contribution in [3.63, 3.8) is 0 Å². The molecule has 4 heterocycles. The summed E-state index contributed by atoms with van der Waals surface area (Å²) in [5.74, 6) is 0.312. The lowest BCUT2D eigenvalue weighted by Gasteiger charge is -2.04. The summed E-state index contributed by atoms with van der Waals surface area (Å²) in [4.78, 5) is 8.44. The van der Waals surface area contributed by atoms with Gasteiger partial charge in [0.25, 0.3) is 11.8 Å². The molecule has 0 radical (unpaired) electrons. The van der Waals surface area contributed by atoms with E-state index in [1.807, 2.05) is 0 Å². The van der Waals surface area contributed by atoms with Crippen LogP contribution < -0.4 is 0 Å². The van der Waals surface area contributed by atoms with E-state index in [0.717, 1.165) is 46.9 Å². The Labute approximate surface area is 237 Å². The summed E-state index contributed by atoms with van der Waals surface area (Å²) in [5.41, 5.74) is -0.312. The van der Waals surface area contributed by atoms with Crippen molar-refractivity contribution in [2.45, 2.75) is 12.4 Å². The van der Waals surface area contributed by atoms with Crippen molar-refractivity contribution in [1.29, 1.82) is 0 Å². The highest BCUT2D eigenvalue weighted by Gasteiger charge is 2.32. The summed E-state index contributed by atoms with van der Waals surface area (Å²) >= 11 is 2.23. The van der Waals surface area contributed by atoms with Gasteiger partial charge in [-0.15, -0.1) is 43.1 Å². The normalized spacial score (nSPS) is 12.5. The minimum absolute atomic E-state index is 0.0368. The third kappa shape index (κ3) is 4.77. The molecule has 0 amide bonds. The second-order valence-corrected chi connectivity index (χ2v) is 10.9. The number of benzene rings is 3. The van der Waals surface area contributed by atoms with Gasteiger partial charge in [-0.3, -0.25) is 0 Å². The van der Waals surface area contributed by atoms with Crippen LogP contribution in [0.25, 0.3) is 65.1 Å². The molecule has 3 aromatic carbocycles. The van der Waals surface area contributed by atoms with Crippen molar-refractivity contribution >= 4 is 43.1 Å². The molecule has 0 saturated carbocycles. The van der Waals surface area contributed by atoms with Crippen LogP contribution in [0.4, 0.5) is 26.3 Å². The van der Waals surface area contributed by atoms with Crippen LogP contribution in [-0.2, 0) is 12.4 Å². The number of thiazole rings is 2. The molecule has 4 aromatic heterocycles. The van der Waals surface area contributed by atoms with Crippen LogP contribution in [0.3, 0.4) is 0 Å². The van der Waals surface area contributed by atoms with Crippen LogP contribution in [0.1, 0.15) is 11.1 Å².